The van der Waals surface area contributed by atoms with Gasteiger partial charge in [-0.05, 0) is 0 Å². The second kappa shape index (κ2) is 5.13. The molecule has 0 fully saturated rings. The van der Waals surface area contributed by atoms with E-state index < -0.39 is 0 Å². The van der Waals surface area contributed by atoms with Gasteiger partial charge in [0.15, 0.2) is 0 Å². The van der Waals surface area contributed by atoms with Crippen LogP contribution in [-0.4, -0.2) is 4.55 Å². The highest BCUT2D eigenvalue weighted by atomic mass is 32.7. The summed E-state index contributed by atoms with van der Waals surface area (Å²) in [7, 11) is 2.16. The maximum Gasteiger partial charge on any atom is 0.108 e. The van der Waals surface area contributed by atoms with Crippen molar-refractivity contribution in [2.45, 2.75) is 0 Å². The predicted octanol–water partition coefficient (Wildman–Crippen LogP) is 1.51. The third-order valence-corrected chi connectivity index (χ3v) is 1.63. The van der Waals surface area contributed by atoms with Gasteiger partial charge >= 0.3 is 0 Å². The fourth-order valence-electron chi connectivity index (χ4n) is 0.0215. The SMILES string of the molecule is OSPOP. The summed E-state index contributed by atoms with van der Waals surface area (Å²) in [6.45, 7) is 0. The minimum absolute atomic E-state index is 0.133. The summed E-state index contributed by atoms with van der Waals surface area (Å²) in [5.41, 5.74) is 0. The summed E-state index contributed by atoms with van der Waals surface area (Å²) in [5.74, 6) is 0. The lowest BCUT2D eigenvalue weighted by Crippen LogP contribution is -1.34. The molecule has 0 bridgehead atoms. The van der Waals surface area contributed by atoms with Gasteiger partial charge in [0.25, 0.3) is 0 Å². The van der Waals surface area contributed by atoms with Crippen molar-refractivity contribution in [3.05, 3.63) is 0 Å². The fourth-order valence-corrected chi connectivity index (χ4v) is 0.581. The first-order chi connectivity index (χ1) is 2.41. The normalized spacial score (nSPS) is 10.8. The van der Waals surface area contributed by atoms with E-state index in [2.05, 4.69) is 4.31 Å². The van der Waals surface area contributed by atoms with Crippen molar-refractivity contribution < 1.29 is 8.86 Å². The Balaban J connectivity index is 2.19. The molecule has 2 atom stereocenters. The van der Waals surface area contributed by atoms with Crippen LogP contribution in [0.1, 0.15) is 0 Å². The van der Waals surface area contributed by atoms with Crippen LogP contribution < -0.4 is 0 Å². The van der Waals surface area contributed by atoms with Crippen molar-refractivity contribution in [3.63, 3.8) is 0 Å². The molecule has 32 valence electrons. The molecule has 0 aliphatic carbocycles. The summed E-state index contributed by atoms with van der Waals surface area (Å²) in [4.78, 5) is 0. The molecule has 0 heterocycles. The molecule has 5 heteroatoms. The van der Waals surface area contributed by atoms with Crippen molar-refractivity contribution in [3.8, 4) is 0 Å². The zero-order valence-corrected chi connectivity index (χ0v) is 5.31. The van der Waals surface area contributed by atoms with Crippen LogP contribution in [0.4, 0.5) is 0 Å². The monoisotopic (exact) mass is 130 g/mol. The topological polar surface area (TPSA) is 29.5 Å². The van der Waals surface area contributed by atoms with Gasteiger partial charge in [-0.1, -0.05) is 0 Å². The van der Waals surface area contributed by atoms with E-state index in [0.29, 0.717) is 11.7 Å². The maximum absolute atomic E-state index is 7.86. The number of rotatable bonds is 2. The van der Waals surface area contributed by atoms with Gasteiger partial charge in [0.05, 0.1) is 0 Å². The van der Waals surface area contributed by atoms with E-state index in [1.54, 1.807) is 0 Å². The standard InChI is InChI=1S/H4O2P2S/c1-5-4-2-3/h1,4H,3H2. The van der Waals surface area contributed by atoms with E-state index in [-0.39, 0.29) is 8.01 Å². The van der Waals surface area contributed by atoms with Gasteiger partial charge in [-0.25, -0.2) is 0 Å². The Morgan fingerprint density at radius 1 is 2.00 bits per heavy atom. The summed E-state index contributed by atoms with van der Waals surface area (Å²) in [6, 6.07) is 0. The summed E-state index contributed by atoms with van der Waals surface area (Å²) >= 11 is 0.686. The Hall–Kier alpha value is 1.13. The van der Waals surface area contributed by atoms with Gasteiger partial charge in [-0.15, -0.1) is 0 Å². The van der Waals surface area contributed by atoms with E-state index >= 15 is 0 Å². The lowest BCUT2D eigenvalue weighted by atomic mass is 15.9. The highest BCUT2D eigenvalue weighted by Gasteiger charge is 1.69. The predicted molar refractivity (Wildman–Crippen MR) is 29.3 cm³/mol. The Labute approximate surface area is 38.8 Å². The summed E-state index contributed by atoms with van der Waals surface area (Å²) in [6.07, 6.45) is 0. The Morgan fingerprint density at radius 2 is 2.60 bits per heavy atom. The maximum atomic E-state index is 7.86. The minimum atomic E-state index is 0.133. The van der Waals surface area contributed by atoms with E-state index in [0.717, 1.165) is 0 Å². The molecule has 1 N–H and O–H groups in total. The zero-order chi connectivity index (χ0) is 4.12. The number of hydrogen-bond acceptors (Lipinski definition) is 3. The molecule has 2 nitrogen and oxygen atoms in total. The fraction of sp³-hybridized carbons (Fsp3) is 0. The van der Waals surface area contributed by atoms with Crippen LogP contribution in [0.25, 0.3) is 0 Å². The quantitative estimate of drug-likeness (QED) is 0.453. The molecular formula is H4O2P2S. The molecule has 0 saturated carbocycles. The van der Waals surface area contributed by atoms with Crippen molar-refractivity contribution in [2.75, 3.05) is 0 Å². The van der Waals surface area contributed by atoms with Crippen LogP contribution in [0.3, 0.4) is 0 Å². The Bertz CT molecular complexity index is 15.1. The molecule has 0 aromatic rings. The molecular weight excluding hydrogens is 126 g/mol. The van der Waals surface area contributed by atoms with Crippen LogP contribution in [0.15, 0.2) is 0 Å². The lowest BCUT2D eigenvalue weighted by molar-refractivity contribution is 0.670. The highest BCUT2D eigenvalue weighted by Crippen LogP contribution is 2.28. The zero-order valence-electron chi connectivity index (χ0n) is 2.34. The largest absolute Gasteiger partial charge is 0.334 e. The van der Waals surface area contributed by atoms with E-state index in [9.17, 15) is 0 Å². The second-order valence-corrected chi connectivity index (χ2v) is 2.63. The van der Waals surface area contributed by atoms with Crippen molar-refractivity contribution in [1.82, 2.24) is 0 Å². The molecule has 0 saturated heterocycles. The van der Waals surface area contributed by atoms with Gasteiger partial charge in [0, 0.05) is 21.1 Å². The van der Waals surface area contributed by atoms with Crippen LogP contribution in [0.5, 0.6) is 0 Å². The van der Waals surface area contributed by atoms with Crippen LogP contribution in [0, 0.1) is 0 Å². The van der Waals surface area contributed by atoms with Gasteiger partial charge in [0.2, 0.25) is 0 Å². The molecule has 0 aromatic carbocycles. The van der Waals surface area contributed by atoms with Crippen LogP contribution in [-0.2, 0) is 4.31 Å². The van der Waals surface area contributed by atoms with Crippen molar-refractivity contribution >= 4 is 29.1 Å². The number of hydrogen-bond donors (Lipinski definition) is 1. The first kappa shape index (κ1) is 6.13. The molecule has 2 unspecified atom stereocenters. The third-order valence-electron chi connectivity index (χ3n) is 0.0854. The first-order valence-corrected chi connectivity index (χ1v) is 3.70. The Morgan fingerprint density at radius 3 is 2.60 bits per heavy atom. The van der Waals surface area contributed by atoms with Crippen molar-refractivity contribution in [2.24, 2.45) is 0 Å². The molecule has 5 heavy (non-hydrogen) atoms. The van der Waals surface area contributed by atoms with Gasteiger partial charge in [-0.2, -0.15) is 0 Å². The average Bonchev–Trinajstić information content (AvgIpc) is 1.41. The molecule has 0 amide bonds. The first-order valence-electron chi connectivity index (χ1n) is 0.827. The second-order valence-electron chi connectivity index (χ2n) is 0.292. The molecule has 0 aliphatic heterocycles. The van der Waals surface area contributed by atoms with E-state index in [1.165, 1.54) is 0 Å². The van der Waals surface area contributed by atoms with Gasteiger partial charge < -0.3 is 8.86 Å². The third kappa shape index (κ3) is 5.13. The molecule has 0 aliphatic rings. The van der Waals surface area contributed by atoms with Crippen molar-refractivity contribution in [1.29, 1.82) is 0 Å². The average molecular weight is 130 g/mol. The van der Waals surface area contributed by atoms with E-state index in [1.807, 2.05) is 9.47 Å². The Kier molecular flexibility index (Phi) is 6.29. The molecule has 0 aromatic heterocycles. The minimum Gasteiger partial charge on any atom is -0.334 e. The summed E-state index contributed by atoms with van der Waals surface area (Å²) in [5, 5.41) is 0. The van der Waals surface area contributed by atoms with Crippen LogP contribution in [0.2, 0.25) is 0 Å². The highest BCUT2D eigenvalue weighted by molar-refractivity contribution is 8.45. The van der Waals surface area contributed by atoms with Gasteiger partial charge in [-0.3, -0.25) is 0 Å². The summed E-state index contributed by atoms with van der Waals surface area (Å²) < 4.78 is 12.2. The molecule has 0 spiro atoms. The lowest BCUT2D eigenvalue weighted by Gasteiger charge is -1.81. The smallest absolute Gasteiger partial charge is 0.108 e. The van der Waals surface area contributed by atoms with E-state index in [4.69, 9.17) is 4.55 Å². The van der Waals surface area contributed by atoms with Crippen LogP contribution >= 0.6 is 29.1 Å². The molecule has 0 radical (unpaired) electrons. The molecule has 0 rings (SSSR count). The van der Waals surface area contributed by atoms with Gasteiger partial charge in [0.1, 0.15) is 8.01 Å².